The summed E-state index contributed by atoms with van der Waals surface area (Å²) in [5, 5.41) is 11.2. The van der Waals surface area contributed by atoms with E-state index in [1.54, 1.807) is 20.8 Å². The molecule has 1 amide bonds. The molecule has 122 valence electrons. The molecule has 1 aromatic carbocycles. The largest absolute Gasteiger partial charge is 0.481 e. The minimum atomic E-state index is -1.17. The van der Waals surface area contributed by atoms with Crippen molar-refractivity contribution in [3.05, 3.63) is 35.4 Å². The summed E-state index contributed by atoms with van der Waals surface area (Å²) in [4.78, 5) is 22.6. The summed E-state index contributed by atoms with van der Waals surface area (Å²) in [5.41, 5.74) is -0.760. The zero-order valence-corrected chi connectivity index (χ0v) is 12.7. The van der Waals surface area contributed by atoms with Crippen molar-refractivity contribution in [2.24, 2.45) is 0 Å². The Kier molecular flexibility index (Phi) is 5.84. The molecule has 0 aliphatic rings. The molecular weight excluding hydrogens is 296 g/mol. The topological polar surface area (TPSA) is 75.6 Å². The maximum Gasteiger partial charge on any atom is 0.407 e. The lowest BCUT2D eigenvalue weighted by molar-refractivity contribution is -0.137. The first-order valence-corrected chi connectivity index (χ1v) is 6.72. The highest BCUT2D eigenvalue weighted by molar-refractivity contribution is 5.71. The van der Waals surface area contributed by atoms with E-state index in [4.69, 9.17) is 9.84 Å². The minimum absolute atomic E-state index is 0.0118. The SMILES string of the molecule is CC(C)(C)OC(=O)NC(CC(=O)O)Cc1cccc(F)c1F. The summed E-state index contributed by atoms with van der Waals surface area (Å²) < 4.78 is 31.8. The molecule has 2 N–H and O–H groups in total. The zero-order chi connectivity index (χ0) is 16.9. The first-order chi connectivity index (χ1) is 10.1. The van der Waals surface area contributed by atoms with Crippen LogP contribution in [-0.4, -0.2) is 28.8 Å². The van der Waals surface area contributed by atoms with Crippen LogP contribution < -0.4 is 5.32 Å². The van der Waals surface area contributed by atoms with E-state index in [-0.39, 0.29) is 12.0 Å². The van der Waals surface area contributed by atoms with Gasteiger partial charge in [-0.3, -0.25) is 4.79 Å². The smallest absolute Gasteiger partial charge is 0.407 e. The van der Waals surface area contributed by atoms with Gasteiger partial charge >= 0.3 is 12.1 Å². The normalized spacial score (nSPS) is 12.6. The van der Waals surface area contributed by atoms with Crippen molar-refractivity contribution in [1.29, 1.82) is 0 Å². The third-order valence-corrected chi connectivity index (χ3v) is 2.64. The lowest BCUT2D eigenvalue weighted by atomic mass is 10.0. The summed E-state index contributed by atoms with van der Waals surface area (Å²) in [5.74, 6) is -3.24. The summed E-state index contributed by atoms with van der Waals surface area (Å²) in [6.07, 6.45) is -1.40. The van der Waals surface area contributed by atoms with Crippen LogP contribution in [0.25, 0.3) is 0 Å². The summed E-state index contributed by atoms with van der Waals surface area (Å²) in [6.45, 7) is 4.97. The van der Waals surface area contributed by atoms with Crippen molar-refractivity contribution < 1.29 is 28.2 Å². The molecule has 22 heavy (non-hydrogen) atoms. The predicted octanol–water partition coefficient (Wildman–Crippen LogP) is 2.88. The van der Waals surface area contributed by atoms with E-state index in [0.29, 0.717) is 0 Å². The average Bonchev–Trinajstić information content (AvgIpc) is 2.31. The van der Waals surface area contributed by atoms with Crippen LogP contribution in [0.5, 0.6) is 0 Å². The van der Waals surface area contributed by atoms with Gasteiger partial charge in [0.25, 0.3) is 0 Å². The van der Waals surface area contributed by atoms with E-state index in [1.807, 2.05) is 0 Å². The van der Waals surface area contributed by atoms with Gasteiger partial charge in [-0.15, -0.1) is 0 Å². The van der Waals surface area contributed by atoms with E-state index in [9.17, 15) is 18.4 Å². The van der Waals surface area contributed by atoms with Crippen molar-refractivity contribution >= 4 is 12.1 Å². The molecule has 0 bridgehead atoms. The van der Waals surface area contributed by atoms with E-state index in [2.05, 4.69) is 5.32 Å². The molecular formula is C15H19F2NO4. The Labute approximate surface area is 127 Å². The van der Waals surface area contributed by atoms with E-state index < -0.39 is 41.8 Å². The van der Waals surface area contributed by atoms with Gasteiger partial charge in [0.1, 0.15) is 5.60 Å². The highest BCUT2D eigenvalue weighted by atomic mass is 19.2. The number of amides is 1. The maximum absolute atomic E-state index is 13.6. The summed E-state index contributed by atoms with van der Waals surface area (Å²) in [7, 11) is 0. The van der Waals surface area contributed by atoms with Crippen LogP contribution in [0.1, 0.15) is 32.8 Å². The molecule has 1 unspecified atom stereocenters. The molecule has 0 aromatic heterocycles. The number of halogens is 2. The third-order valence-electron chi connectivity index (χ3n) is 2.64. The second-order valence-corrected chi connectivity index (χ2v) is 5.86. The van der Waals surface area contributed by atoms with Crippen molar-refractivity contribution in [3.8, 4) is 0 Å². The number of carboxylic acid groups (broad SMARTS) is 1. The quantitative estimate of drug-likeness (QED) is 0.876. The van der Waals surface area contributed by atoms with Crippen molar-refractivity contribution in [2.75, 3.05) is 0 Å². The Hall–Kier alpha value is -2.18. The number of alkyl carbamates (subject to hydrolysis) is 1. The third kappa shape index (κ3) is 6.07. The molecule has 7 heteroatoms. The maximum atomic E-state index is 13.6. The molecule has 0 aliphatic carbocycles. The number of hydrogen-bond donors (Lipinski definition) is 2. The monoisotopic (exact) mass is 315 g/mol. The average molecular weight is 315 g/mol. The van der Waals surface area contributed by atoms with Crippen molar-refractivity contribution in [1.82, 2.24) is 5.32 Å². The van der Waals surface area contributed by atoms with E-state index in [0.717, 1.165) is 6.07 Å². The standard InChI is InChI=1S/C15H19F2NO4/c1-15(2,3)22-14(21)18-10(8-12(19)20)7-9-5-4-6-11(16)13(9)17/h4-6,10H,7-8H2,1-3H3,(H,18,21)(H,19,20). The second-order valence-electron chi connectivity index (χ2n) is 5.86. The van der Waals surface area contributed by atoms with Crippen LogP contribution in [0.15, 0.2) is 18.2 Å². The van der Waals surface area contributed by atoms with Crippen LogP contribution in [0, 0.1) is 11.6 Å². The molecule has 0 saturated heterocycles. The Morgan fingerprint density at radius 2 is 1.95 bits per heavy atom. The van der Waals surface area contributed by atoms with Crippen molar-refractivity contribution in [2.45, 2.75) is 45.3 Å². The Balaban J connectivity index is 2.82. The number of benzene rings is 1. The van der Waals surface area contributed by atoms with Gasteiger partial charge in [0.05, 0.1) is 6.42 Å². The molecule has 1 atom stereocenters. The van der Waals surface area contributed by atoms with Crippen LogP contribution in [-0.2, 0) is 16.0 Å². The Bertz CT molecular complexity index is 555. The number of hydrogen-bond acceptors (Lipinski definition) is 3. The Morgan fingerprint density at radius 1 is 1.32 bits per heavy atom. The number of nitrogens with one attached hydrogen (secondary N) is 1. The van der Waals surface area contributed by atoms with Crippen LogP contribution in [0.4, 0.5) is 13.6 Å². The molecule has 0 heterocycles. The zero-order valence-electron chi connectivity index (χ0n) is 12.7. The molecule has 5 nitrogen and oxygen atoms in total. The van der Waals surface area contributed by atoms with Crippen LogP contribution >= 0.6 is 0 Å². The minimum Gasteiger partial charge on any atom is -0.481 e. The van der Waals surface area contributed by atoms with Crippen molar-refractivity contribution in [3.63, 3.8) is 0 Å². The van der Waals surface area contributed by atoms with Crippen LogP contribution in [0.2, 0.25) is 0 Å². The first kappa shape index (κ1) is 17.9. The van der Waals surface area contributed by atoms with Gasteiger partial charge in [-0.2, -0.15) is 0 Å². The molecule has 1 aromatic rings. The summed E-state index contributed by atoms with van der Waals surface area (Å²) >= 11 is 0. The molecule has 0 spiro atoms. The fourth-order valence-corrected chi connectivity index (χ4v) is 1.83. The number of carbonyl (C=O) groups is 2. The lowest BCUT2D eigenvalue weighted by Gasteiger charge is -2.23. The fraction of sp³-hybridized carbons (Fsp3) is 0.467. The number of carbonyl (C=O) groups excluding carboxylic acids is 1. The highest BCUT2D eigenvalue weighted by Gasteiger charge is 2.23. The van der Waals surface area contributed by atoms with Gasteiger partial charge < -0.3 is 15.2 Å². The number of carboxylic acids is 1. The van der Waals surface area contributed by atoms with Gasteiger partial charge in [0.2, 0.25) is 0 Å². The molecule has 0 saturated carbocycles. The Morgan fingerprint density at radius 3 is 2.50 bits per heavy atom. The summed E-state index contributed by atoms with van der Waals surface area (Å²) in [6, 6.07) is 2.71. The van der Waals surface area contributed by atoms with Gasteiger partial charge in [0, 0.05) is 6.04 Å². The molecule has 1 rings (SSSR count). The van der Waals surface area contributed by atoms with E-state index >= 15 is 0 Å². The van der Waals surface area contributed by atoms with Gasteiger partial charge in [-0.1, -0.05) is 12.1 Å². The molecule has 0 aliphatic heterocycles. The number of ether oxygens (including phenoxy) is 1. The second kappa shape index (κ2) is 7.20. The molecule has 0 radical (unpaired) electrons. The lowest BCUT2D eigenvalue weighted by Crippen LogP contribution is -2.41. The fourth-order valence-electron chi connectivity index (χ4n) is 1.83. The van der Waals surface area contributed by atoms with E-state index in [1.165, 1.54) is 12.1 Å². The van der Waals surface area contributed by atoms with Gasteiger partial charge in [0.15, 0.2) is 11.6 Å². The van der Waals surface area contributed by atoms with Crippen LogP contribution in [0.3, 0.4) is 0 Å². The first-order valence-electron chi connectivity index (χ1n) is 6.72. The predicted molar refractivity (Wildman–Crippen MR) is 75.5 cm³/mol. The number of aliphatic carboxylic acids is 1. The van der Waals surface area contributed by atoms with Gasteiger partial charge in [-0.05, 0) is 38.8 Å². The number of rotatable bonds is 5. The van der Waals surface area contributed by atoms with Gasteiger partial charge in [-0.25, -0.2) is 13.6 Å². The highest BCUT2D eigenvalue weighted by Crippen LogP contribution is 2.15. The molecule has 0 fully saturated rings.